The molecule has 112 valence electrons. The van der Waals surface area contributed by atoms with Gasteiger partial charge in [-0.25, -0.2) is 0 Å². The summed E-state index contributed by atoms with van der Waals surface area (Å²) >= 11 is 12.7. The SMILES string of the molecule is CC(C)CC[C@H](c1c(Cl)cncc1Cl)N1CCNCC1. The molecular weight excluding hydrogens is 293 g/mol. The number of piperazine rings is 1. The Kier molecular flexibility index (Phi) is 6.09. The van der Waals surface area contributed by atoms with Gasteiger partial charge in [0.15, 0.2) is 0 Å². The minimum absolute atomic E-state index is 0.294. The van der Waals surface area contributed by atoms with Crippen molar-refractivity contribution in [3.8, 4) is 0 Å². The summed E-state index contributed by atoms with van der Waals surface area (Å²) in [6.07, 6.45) is 5.66. The summed E-state index contributed by atoms with van der Waals surface area (Å²) in [5, 5.41) is 4.77. The maximum absolute atomic E-state index is 6.37. The van der Waals surface area contributed by atoms with Crippen LogP contribution in [0.25, 0.3) is 0 Å². The topological polar surface area (TPSA) is 28.2 Å². The summed E-state index contributed by atoms with van der Waals surface area (Å²) in [7, 11) is 0. The summed E-state index contributed by atoms with van der Waals surface area (Å²) < 4.78 is 0. The molecule has 0 saturated carbocycles. The lowest BCUT2D eigenvalue weighted by atomic mass is 9.96. The zero-order valence-corrected chi connectivity index (χ0v) is 13.7. The van der Waals surface area contributed by atoms with Crippen LogP contribution in [0, 0.1) is 5.92 Å². The highest BCUT2D eigenvalue weighted by atomic mass is 35.5. The molecule has 1 N–H and O–H groups in total. The van der Waals surface area contributed by atoms with Crippen molar-refractivity contribution in [3.63, 3.8) is 0 Å². The second-order valence-corrected chi connectivity index (χ2v) is 6.60. The van der Waals surface area contributed by atoms with Gasteiger partial charge in [0.1, 0.15) is 0 Å². The predicted molar refractivity (Wildman–Crippen MR) is 85.5 cm³/mol. The normalized spacial score (nSPS) is 18.4. The van der Waals surface area contributed by atoms with E-state index in [9.17, 15) is 0 Å². The van der Waals surface area contributed by atoms with Crippen LogP contribution in [0.5, 0.6) is 0 Å². The van der Waals surface area contributed by atoms with Gasteiger partial charge in [-0.05, 0) is 18.8 Å². The molecule has 0 bridgehead atoms. The molecule has 1 aromatic heterocycles. The first-order valence-electron chi connectivity index (χ1n) is 7.33. The van der Waals surface area contributed by atoms with Gasteiger partial charge in [0.2, 0.25) is 0 Å². The van der Waals surface area contributed by atoms with Gasteiger partial charge in [0.05, 0.1) is 10.0 Å². The van der Waals surface area contributed by atoms with Crippen molar-refractivity contribution in [3.05, 3.63) is 28.0 Å². The molecule has 1 aliphatic rings. The highest BCUT2D eigenvalue weighted by Crippen LogP contribution is 2.36. The standard InChI is InChI=1S/C15H23Cl2N3/c1-11(2)3-4-14(20-7-5-18-6-8-20)15-12(16)9-19-10-13(15)17/h9-11,14,18H,3-8H2,1-2H3/t14-/m1/s1. The van der Waals surface area contributed by atoms with Crippen molar-refractivity contribution in [2.45, 2.75) is 32.7 Å². The van der Waals surface area contributed by atoms with Crippen LogP contribution in [0.3, 0.4) is 0 Å². The zero-order chi connectivity index (χ0) is 14.5. The molecule has 1 fully saturated rings. The number of halogens is 2. The second-order valence-electron chi connectivity index (χ2n) is 5.79. The molecule has 0 radical (unpaired) electrons. The van der Waals surface area contributed by atoms with E-state index in [0.717, 1.165) is 38.2 Å². The number of aromatic nitrogens is 1. The van der Waals surface area contributed by atoms with Gasteiger partial charge in [0, 0.05) is 50.2 Å². The fourth-order valence-electron chi connectivity index (χ4n) is 2.73. The summed E-state index contributed by atoms with van der Waals surface area (Å²) in [4.78, 5) is 6.56. The van der Waals surface area contributed by atoms with E-state index in [4.69, 9.17) is 23.2 Å². The largest absolute Gasteiger partial charge is 0.314 e. The Morgan fingerprint density at radius 3 is 2.30 bits per heavy atom. The molecule has 5 heteroatoms. The Hall–Kier alpha value is -0.350. The summed E-state index contributed by atoms with van der Waals surface area (Å²) in [6, 6.07) is 0.294. The molecule has 1 atom stereocenters. The van der Waals surface area contributed by atoms with Crippen LogP contribution in [0.15, 0.2) is 12.4 Å². The molecule has 3 nitrogen and oxygen atoms in total. The lowest BCUT2D eigenvalue weighted by Crippen LogP contribution is -2.45. The van der Waals surface area contributed by atoms with E-state index in [2.05, 4.69) is 29.0 Å². The number of rotatable bonds is 5. The third-order valence-corrected chi connectivity index (χ3v) is 4.44. The first-order valence-corrected chi connectivity index (χ1v) is 8.09. The van der Waals surface area contributed by atoms with Gasteiger partial charge in [-0.3, -0.25) is 9.88 Å². The number of hydrogen-bond donors (Lipinski definition) is 1. The van der Waals surface area contributed by atoms with Gasteiger partial charge in [0.25, 0.3) is 0 Å². The van der Waals surface area contributed by atoms with E-state index >= 15 is 0 Å². The highest BCUT2D eigenvalue weighted by Gasteiger charge is 2.26. The van der Waals surface area contributed by atoms with E-state index in [1.165, 1.54) is 6.42 Å². The lowest BCUT2D eigenvalue weighted by molar-refractivity contribution is 0.160. The lowest BCUT2D eigenvalue weighted by Gasteiger charge is -2.36. The van der Waals surface area contributed by atoms with Gasteiger partial charge in [-0.2, -0.15) is 0 Å². The molecule has 2 rings (SSSR count). The van der Waals surface area contributed by atoms with Crippen LogP contribution in [0.2, 0.25) is 10.0 Å². The molecular formula is C15H23Cl2N3. The van der Waals surface area contributed by atoms with Crippen molar-refractivity contribution >= 4 is 23.2 Å². The van der Waals surface area contributed by atoms with Crippen molar-refractivity contribution < 1.29 is 0 Å². The van der Waals surface area contributed by atoms with E-state index in [1.807, 2.05) is 0 Å². The Balaban J connectivity index is 2.24. The van der Waals surface area contributed by atoms with Crippen LogP contribution in [0.4, 0.5) is 0 Å². The van der Waals surface area contributed by atoms with E-state index < -0.39 is 0 Å². The maximum Gasteiger partial charge on any atom is 0.0652 e. The average Bonchev–Trinajstić information content (AvgIpc) is 2.42. The maximum atomic E-state index is 6.37. The van der Waals surface area contributed by atoms with Crippen LogP contribution < -0.4 is 5.32 Å². The third kappa shape index (κ3) is 4.08. The van der Waals surface area contributed by atoms with Gasteiger partial charge in [-0.15, -0.1) is 0 Å². The molecule has 0 spiro atoms. The highest BCUT2D eigenvalue weighted by molar-refractivity contribution is 6.35. The molecule has 2 heterocycles. The summed E-state index contributed by atoms with van der Waals surface area (Å²) in [6.45, 7) is 8.64. The Bertz CT molecular complexity index is 411. The van der Waals surface area contributed by atoms with E-state index in [1.54, 1.807) is 12.4 Å². The van der Waals surface area contributed by atoms with Gasteiger partial charge in [-0.1, -0.05) is 37.0 Å². The molecule has 0 amide bonds. The third-order valence-electron chi connectivity index (χ3n) is 3.83. The summed E-state index contributed by atoms with van der Waals surface area (Å²) in [5.74, 6) is 0.680. The molecule has 0 aliphatic carbocycles. The number of nitrogens with one attached hydrogen (secondary N) is 1. The van der Waals surface area contributed by atoms with E-state index in [0.29, 0.717) is 22.0 Å². The monoisotopic (exact) mass is 315 g/mol. The quantitative estimate of drug-likeness (QED) is 0.896. The molecule has 0 aromatic carbocycles. The number of pyridine rings is 1. The Morgan fingerprint density at radius 2 is 1.75 bits per heavy atom. The Labute approximate surface area is 131 Å². The number of nitrogens with zero attached hydrogens (tertiary/aromatic N) is 2. The first-order chi connectivity index (χ1) is 9.59. The molecule has 1 aliphatic heterocycles. The molecule has 1 aromatic rings. The average molecular weight is 316 g/mol. The van der Waals surface area contributed by atoms with Crippen molar-refractivity contribution in [2.75, 3.05) is 26.2 Å². The van der Waals surface area contributed by atoms with Crippen molar-refractivity contribution in [1.82, 2.24) is 15.2 Å². The van der Waals surface area contributed by atoms with Gasteiger partial charge >= 0.3 is 0 Å². The van der Waals surface area contributed by atoms with Crippen molar-refractivity contribution in [2.24, 2.45) is 5.92 Å². The van der Waals surface area contributed by atoms with Gasteiger partial charge < -0.3 is 5.32 Å². The fourth-order valence-corrected chi connectivity index (χ4v) is 3.35. The van der Waals surface area contributed by atoms with Crippen molar-refractivity contribution in [1.29, 1.82) is 0 Å². The smallest absolute Gasteiger partial charge is 0.0652 e. The minimum Gasteiger partial charge on any atom is -0.314 e. The Morgan fingerprint density at radius 1 is 1.15 bits per heavy atom. The first kappa shape index (κ1) is 16.0. The zero-order valence-electron chi connectivity index (χ0n) is 12.2. The van der Waals surface area contributed by atoms with E-state index in [-0.39, 0.29) is 0 Å². The van der Waals surface area contributed by atoms with Crippen LogP contribution >= 0.6 is 23.2 Å². The molecule has 0 unspecified atom stereocenters. The molecule has 20 heavy (non-hydrogen) atoms. The van der Waals surface area contributed by atoms with Crippen LogP contribution in [-0.2, 0) is 0 Å². The summed E-state index contributed by atoms with van der Waals surface area (Å²) in [5.41, 5.74) is 1.05. The molecule has 1 saturated heterocycles. The van der Waals surface area contributed by atoms with Crippen LogP contribution in [0.1, 0.15) is 38.3 Å². The fraction of sp³-hybridized carbons (Fsp3) is 0.667. The van der Waals surface area contributed by atoms with Crippen LogP contribution in [-0.4, -0.2) is 36.1 Å². The second kappa shape index (κ2) is 7.60. The minimum atomic E-state index is 0.294. The number of hydrogen-bond acceptors (Lipinski definition) is 3. The predicted octanol–water partition coefficient (Wildman–Crippen LogP) is 3.77.